The summed E-state index contributed by atoms with van der Waals surface area (Å²) in [5.41, 5.74) is 9.11. The van der Waals surface area contributed by atoms with Gasteiger partial charge in [-0.05, 0) is 86.8 Å². The Morgan fingerprint density at radius 2 is 1.55 bits per heavy atom. The van der Waals surface area contributed by atoms with Crippen molar-refractivity contribution in [3.63, 3.8) is 0 Å². The Hall–Kier alpha value is -3.66. The third-order valence-corrected chi connectivity index (χ3v) is 6.31. The first kappa shape index (κ1) is 30.6. The van der Waals surface area contributed by atoms with Crippen LogP contribution in [0.3, 0.4) is 0 Å². The lowest BCUT2D eigenvalue weighted by atomic mass is 10.00. The molecule has 0 heterocycles. The van der Waals surface area contributed by atoms with Crippen molar-refractivity contribution in [1.29, 1.82) is 0 Å². The molecule has 4 rings (SSSR count). The van der Waals surface area contributed by atoms with Crippen molar-refractivity contribution >= 4 is 18.0 Å². The highest BCUT2D eigenvalue weighted by Gasteiger charge is 2.11. The van der Waals surface area contributed by atoms with Crippen LogP contribution in [0.4, 0.5) is 0 Å². The number of benzene rings is 3. The number of carbonyl (C=O) groups excluding carboxylic acids is 1. The lowest BCUT2D eigenvalue weighted by molar-refractivity contribution is -0.137. The van der Waals surface area contributed by atoms with Crippen molar-refractivity contribution in [1.82, 2.24) is 0 Å². The van der Waals surface area contributed by atoms with E-state index in [0.29, 0.717) is 24.5 Å². The van der Waals surface area contributed by atoms with E-state index in [0.717, 1.165) is 24.8 Å². The first-order valence-electron chi connectivity index (χ1n) is 13.5. The smallest absolute Gasteiger partial charge is 0.338 e. The second-order valence-corrected chi connectivity index (χ2v) is 10.0. The minimum Gasteiger partial charge on any atom is -0.481 e. The van der Waals surface area contributed by atoms with Gasteiger partial charge in [0.25, 0.3) is 0 Å². The van der Waals surface area contributed by atoms with Crippen molar-refractivity contribution in [3.8, 4) is 0 Å². The third kappa shape index (κ3) is 11.2. The Bertz CT molecular complexity index is 1190. The second kappa shape index (κ2) is 16.2. The molecule has 38 heavy (non-hydrogen) atoms. The van der Waals surface area contributed by atoms with E-state index in [1.165, 1.54) is 28.7 Å². The molecule has 0 saturated heterocycles. The Morgan fingerprint density at radius 1 is 0.895 bits per heavy atom. The van der Waals surface area contributed by atoms with Gasteiger partial charge in [0.1, 0.15) is 0 Å². The van der Waals surface area contributed by atoms with Gasteiger partial charge in [-0.3, -0.25) is 4.79 Å². The minimum absolute atomic E-state index is 0.252. The third-order valence-electron chi connectivity index (χ3n) is 6.31. The molecule has 0 saturated carbocycles. The summed E-state index contributed by atoms with van der Waals surface area (Å²) in [4.78, 5) is 21.0. The standard InChI is InChI=1S/C18H18.C10H12O2.C6H12O2/c1-14-6-2-3-7-16(14)11-10-15-12-17-8-4-5-9-18(17)13-15;1-3-12-10(11)9-6-4-8(2)5-7-9;1-5(2)3-4-6(7)8/h2-9,12H,10-11,13H2,1H3;4-7H,3H2,1-2H3;5H,3-4H2,1-2H3,(H,7,8). The molecular formula is C34H42O4. The first-order valence-corrected chi connectivity index (χ1v) is 13.5. The molecule has 0 aliphatic heterocycles. The molecule has 0 radical (unpaired) electrons. The summed E-state index contributed by atoms with van der Waals surface area (Å²) in [6, 6.07) is 24.8. The topological polar surface area (TPSA) is 63.6 Å². The van der Waals surface area contributed by atoms with Crippen LogP contribution in [0, 0.1) is 19.8 Å². The van der Waals surface area contributed by atoms with Gasteiger partial charge >= 0.3 is 11.9 Å². The normalized spacial score (nSPS) is 11.4. The number of fused-ring (bicyclic) bond motifs is 1. The van der Waals surface area contributed by atoms with Crippen LogP contribution in [0.2, 0.25) is 0 Å². The van der Waals surface area contributed by atoms with Crippen LogP contribution in [-0.2, 0) is 22.4 Å². The summed E-state index contributed by atoms with van der Waals surface area (Å²) in [7, 11) is 0. The van der Waals surface area contributed by atoms with E-state index in [2.05, 4.69) is 61.5 Å². The highest BCUT2D eigenvalue weighted by molar-refractivity contribution is 5.89. The first-order chi connectivity index (χ1) is 18.2. The Labute approximate surface area is 228 Å². The number of carboxylic acids is 1. The monoisotopic (exact) mass is 514 g/mol. The predicted molar refractivity (Wildman–Crippen MR) is 156 cm³/mol. The molecule has 4 nitrogen and oxygen atoms in total. The van der Waals surface area contributed by atoms with E-state index >= 15 is 0 Å². The lowest BCUT2D eigenvalue weighted by Gasteiger charge is -2.06. The number of allylic oxidation sites excluding steroid dienone is 1. The molecule has 4 heteroatoms. The molecule has 1 aliphatic carbocycles. The number of esters is 1. The molecule has 1 aliphatic rings. The molecule has 3 aromatic rings. The van der Waals surface area contributed by atoms with Crippen LogP contribution in [0.1, 0.15) is 78.2 Å². The number of ether oxygens (including phenoxy) is 1. The molecular weight excluding hydrogens is 472 g/mol. The fourth-order valence-electron chi connectivity index (χ4n) is 4.01. The largest absolute Gasteiger partial charge is 0.481 e. The van der Waals surface area contributed by atoms with Crippen LogP contribution in [0.25, 0.3) is 6.08 Å². The van der Waals surface area contributed by atoms with E-state index in [9.17, 15) is 9.59 Å². The van der Waals surface area contributed by atoms with Crippen LogP contribution >= 0.6 is 0 Å². The molecule has 0 spiro atoms. The average Bonchev–Trinajstić information content (AvgIpc) is 3.31. The van der Waals surface area contributed by atoms with Crippen molar-refractivity contribution < 1.29 is 19.4 Å². The Kier molecular flexibility index (Phi) is 13.1. The zero-order chi connectivity index (χ0) is 27.9. The van der Waals surface area contributed by atoms with E-state index in [4.69, 9.17) is 9.84 Å². The van der Waals surface area contributed by atoms with Gasteiger partial charge in [0.2, 0.25) is 0 Å². The highest BCUT2D eigenvalue weighted by Crippen LogP contribution is 2.27. The summed E-state index contributed by atoms with van der Waals surface area (Å²) < 4.78 is 4.83. The molecule has 0 aromatic heterocycles. The fraction of sp³-hybridized carbons (Fsp3) is 0.353. The summed E-state index contributed by atoms with van der Waals surface area (Å²) in [5.74, 6) is -0.442. The summed E-state index contributed by atoms with van der Waals surface area (Å²) in [6.07, 6.45) is 6.94. The molecule has 0 atom stereocenters. The van der Waals surface area contributed by atoms with Crippen molar-refractivity contribution in [3.05, 3.63) is 112 Å². The fourth-order valence-corrected chi connectivity index (χ4v) is 4.01. The molecule has 0 bridgehead atoms. The van der Waals surface area contributed by atoms with Gasteiger partial charge in [0.15, 0.2) is 0 Å². The molecule has 0 amide bonds. The van der Waals surface area contributed by atoms with Gasteiger partial charge < -0.3 is 9.84 Å². The highest BCUT2D eigenvalue weighted by atomic mass is 16.5. The quantitative estimate of drug-likeness (QED) is 0.307. The van der Waals surface area contributed by atoms with Gasteiger partial charge in [-0.2, -0.15) is 0 Å². The maximum atomic E-state index is 11.1. The van der Waals surface area contributed by atoms with Crippen LogP contribution < -0.4 is 0 Å². The Morgan fingerprint density at radius 3 is 2.13 bits per heavy atom. The summed E-state index contributed by atoms with van der Waals surface area (Å²) >= 11 is 0. The van der Waals surface area contributed by atoms with E-state index in [1.807, 2.05) is 32.9 Å². The maximum absolute atomic E-state index is 11.1. The van der Waals surface area contributed by atoms with E-state index < -0.39 is 5.97 Å². The van der Waals surface area contributed by atoms with E-state index in [-0.39, 0.29) is 5.97 Å². The van der Waals surface area contributed by atoms with Gasteiger partial charge in [0.05, 0.1) is 12.2 Å². The van der Waals surface area contributed by atoms with Gasteiger partial charge in [0, 0.05) is 6.42 Å². The number of aliphatic carboxylic acids is 1. The van der Waals surface area contributed by atoms with Crippen LogP contribution in [-0.4, -0.2) is 23.7 Å². The maximum Gasteiger partial charge on any atom is 0.338 e. The van der Waals surface area contributed by atoms with Gasteiger partial charge in [-0.25, -0.2) is 4.79 Å². The average molecular weight is 515 g/mol. The number of hydrogen-bond donors (Lipinski definition) is 1. The SMILES string of the molecule is CC(C)CCC(=O)O.CCOC(=O)c1ccc(C)cc1.Cc1ccccc1CCC1=Cc2ccccc2C1. The molecule has 0 unspecified atom stereocenters. The second-order valence-electron chi connectivity index (χ2n) is 10.0. The number of carboxylic acid groups (broad SMARTS) is 1. The minimum atomic E-state index is -0.696. The zero-order valence-electron chi connectivity index (χ0n) is 23.5. The van der Waals surface area contributed by atoms with Crippen molar-refractivity contribution in [2.75, 3.05) is 6.61 Å². The van der Waals surface area contributed by atoms with Crippen molar-refractivity contribution in [2.45, 2.75) is 66.7 Å². The predicted octanol–water partition coefficient (Wildman–Crippen LogP) is 8.25. The van der Waals surface area contributed by atoms with Gasteiger partial charge in [-0.15, -0.1) is 0 Å². The lowest BCUT2D eigenvalue weighted by Crippen LogP contribution is -2.03. The number of hydrogen-bond acceptors (Lipinski definition) is 3. The molecule has 3 aromatic carbocycles. The molecule has 1 N–H and O–H groups in total. The number of rotatable bonds is 8. The number of carbonyl (C=O) groups is 2. The van der Waals surface area contributed by atoms with E-state index in [1.54, 1.807) is 24.6 Å². The zero-order valence-corrected chi connectivity index (χ0v) is 23.5. The van der Waals surface area contributed by atoms with Crippen molar-refractivity contribution in [2.24, 2.45) is 5.92 Å². The Balaban J connectivity index is 0.000000220. The van der Waals surface area contributed by atoms with Gasteiger partial charge in [-0.1, -0.05) is 91.7 Å². The summed E-state index contributed by atoms with van der Waals surface area (Å²) in [5, 5.41) is 8.16. The number of aryl methyl sites for hydroxylation is 3. The molecule has 202 valence electrons. The molecule has 0 fully saturated rings. The van der Waals surface area contributed by atoms with Crippen LogP contribution in [0.15, 0.2) is 78.4 Å². The van der Waals surface area contributed by atoms with Crippen LogP contribution in [0.5, 0.6) is 0 Å². The summed E-state index contributed by atoms with van der Waals surface area (Å²) in [6.45, 7) is 10.4.